The van der Waals surface area contributed by atoms with Crippen molar-refractivity contribution in [3.05, 3.63) is 174 Å². The molecule has 0 spiro atoms. The highest BCUT2D eigenvalue weighted by molar-refractivity contribution is 7.00. The van der Waals surface area contributed by atoms with Gasteiger partial charge in [-0.25, -0.2) is 0 Å². The summed E-state index contributed by atoms with van der Waals surface area (Å²) in [6, 6.07) is 56.8. The van der Waals surface area contributed by atoms with E-state index in [0.29, 0.717) is 0 Å². The van der Waals surface area contributed by atoms with Gasteiger partial charge in [-0.2, -0.15) is 0 Å². The van der Waals surface area contributed by atoms with Crippen LogP contribution in [0, 0.1) is 27.7 Å². The molecule has 9 rings (SSSR count). The number of nitrogens with zero attached hydrogens (tertiary/aromatic N) is 2. The van der Waals surface area contributed by atoms with Crippen LogP contribution in [0.25, 0.3) is 22.3 Å². The van der Waals surface area contributed by atoms with E-state index >= 15 is 0 Å². The van der Waals surface area contributed by atoms with Crippen molar-refractivity contribution in [2.75, 3.05) is 9.80 Å². The van der Waals surface area contributed by atoms with Gasteiger partial charge in [-0.05, 0) is 115 Å². The zero-order valence-electron chi connectivity index (χ0n) is 28.4. The van der Waals surface area contributed by atoms with Gasteiger partial charge in [0.15, 0.2) is 0 Å². The van der Waals surface area contributed by atoms with Crippen LogP contribution in [-0.2, 0) is 0 Å². The molecule has 2 aliphatic heterocycles. The van der Waals surface area contributed by atoms with E-state index in [1.807, 2.05) is 0 Å². The maximum absolute atomic E-state index is 2.49. The van der Waals surface area contributed by atoms with Crippen molar-refractivity contribution in [2.24, 2.45) is 0 Å². The molecular weight excluding hydrogens is 591 g/mol. The third-order valence-electron chi connectivity index (χ3n) is 10.3. The largest absolute Gasteiger partial charge is 0.311 e. The number of hydrogen-bond acceptors (Lipinski definition) is 2. The van der Waals surface area contributed by atoms with E-state index in [1.54, 1.807) is 0 Å². The minimum Gasteiger partial charge on any atom is -0.311 e. The first-order valence-electron chi connectivity index (χ1n) is 17.2. The Kier molecular flexibility index (Phi) is 6.84. The molecule has 2 aliphatic rings. The third kappa shape index (κ3) is 4.88. The first-order chi connectivity index (χ1) is 23.9. The van der Waals surface area contributed by atoms with Gasteiger partial charge in [0.1, 0.15) is 0 Å². The monoisotopic (exact) mass is 628 g/mol. The lowest BCUT2D eigenvalue weighted by Gasteiger charge is -2.44. The van der Waals surface area contributed by atoms with Crippen LogP contribution in [-0.4, -0.2) is 6.71 Å². The molecule has 0 aromatic heterocycles. The van der Waals surface area contributed by atoms with Crippen LogP contribution in [0.1, 0.15) is 22.3 Å². The Balaban J connectivity index is 1.32. The van der Waals surface area contributed by atoms with Crippen molar-refractivity contribution in [2.45, 2.75) is 27.7 Å². The van der Waals surface area contributed by atoms with E-state index in [0.717, 1.165) is 0 Å². The van der Waals surface area contributed by atoms with Gasteiger partial charge in [0.2, 0.25) is 0 Å². The molecule has 0 unspecified atom stereocenters. The summed E-state index contributed by atoms with van der Waals surface area (Å²) in [6.07, 6.45) is 0. The normalized spacial score (nSPS) is 12.8. The summed E-state index contributed by atoms with van der Waals surface area (Å²) in [7, 11) is 0. The van der Waals surface area contributed by atoms with Crippen LogP contribution in [0.4, 0.5) is 34.1 Å². The molecule has 49 heavy (non-hydrogen) atoms. The molecule has 0 saturated heterocycles. The molecule has 0 amide bonds. The number of aryl methyl sites for hydroxylation is 4. The Labute approximate surface area is 290 Å². The number of benzene rings is 7. The molecule has 0 fully saturated rings. The summed E-state index contributed by atoms with van der Waals surface area (Å²) in [4.78, 5) is 4.97. The first kappa shape index (κ1) is 29.4. The van der Waals surface area contributed by atoms with E-state index in [1.165, 1.54) is 95.0 Å². The van der Waals surface area contributed by atoms with Gasteiger partial charge in [0.25, 0.3) is 6.71 Å². The van der Waals surface area contributed by atoms with Crippen molar-refractivity contribution in [1.82, 2.24) is 0 Å². The predicted octanol–water partition coefficient (Wildman–Crippen LogP) is 10.3. The minimum absolute atomic E-state index is 0.0822. The number of fused-ring (bicyclic) bond motifs is 4. The Morgan fingerprint density at radius 1 is 0.347 bits per heavy atom. The molecule has 2 heterocycles. The topological polar surface area (TPSA) is 6.48 Å². The standard InChI is InChI=1S/C46H37BN2/c1-30-8-16-34(17-9-30)36-20-26-40-44(28-36)48(38-22-12-32(3)13-23-38)42-6-5-7-43-46(42)47(40)41-27-21-37(35-18-10-31(2)11-19-35)29-45(41)49(43)39-24-14-33(4)15-25-39/h5-29H,1-4H3. The molecule has 0 aliphatic carbocycles. The van der Waals surface area contributed by atoms with E-state index in [2.05, 4.69) is 189 Å². The molecule has 7 aromatic carbocycles. The number of hydrogen-bond donors (Lipinski definition) is 0. The fourth-order valence-electron chi connectivity index (χ4n) is 7.72. The molecule has 0 saturated carbocycles. The van der Waals surface area contributed by atoms with Crippen LogP contribution in [0.3, 0.4) is 0 Å². The van der Waals surface area contributed by atoms with E-state index < -0.39 is 0 Å². The Bertz CT molecular complexity index is 2190. The molecule has 2 nitrogen and oxygen atoms in total. The minimum atomic E-state index is 0.0822. The summed E-state index contributed by atoms with van der Waals surface area (Å²) >= 11 is 0. The second-order valence-corrected chi connectivity index (χ2v) is 13.8. The van der Waals surface area contributed by atoms with Crippen LogP contribution in [0.2, 0.25) is 0 Å². The van der Waals surface area contributed by atoms with Gasteiger partial charge in [-0.1, -0.05) is 125 Å². The SMILES string of the molecule is Cc1ccc(-c2ccc3c(c2)N(c2ccc(C)cc2)c2cccc4c2B3c2ccc(-c3ccc(C)cc3)cc2N4c2ccc(C)cc2)cc1. The van der Waals surface area contributed by atoms with Crippen molar-refractivity contribution in [3.8, 4) is 22.3 Å². The highest BCUT2D eigenvalue weighted by atomic mass is 15.2. The van der Waals surface area contributed by atoms with Gasteiger partial charge >= 0.3 is 0 Å². The smallest absolute Gasteiger partial charge is 0.252 e. The van der Waals surface area contributed by atoms with Crippen LogP contribution >= 0.6 is 0 Å². The lowest BCUT2D eigenvalue weighted by atomic mass is 9.33. The lowest BCUT2D eigenvalue weighted by molar-refractivity contribution is 1.25. The van der Waals surface area contributed by atoms with Crippen molar-refractivity contribution in [1.29, 1.82) is 0 Å². The van der Waals surface area contributed by atoms with Gasteiger partial charge in [-0.3, -0.25) is 0 Å². The highest BCUT2D eigenvalue weighted by Crippen LogP contribution is 2.45. The summed E-state index contributed by atoms with van der Waals surface area (Å²) in [5, 5.41) is 0. The Morgan fingerprint density at radius 3 is 1.08 bits per heavy atom. The van der Waals surface area contributed by atoms with Gasteiger partial charge < -0.3 is 9.80 Å². The Hall–Kier alpha value is -5.80. The molecule has 234 valence electrons. The molecule has 3 heteroatoms. The second kappa shape index (κ2) is 11.4. The quantitative estimate of drug-likeness (QED) is 0.179. The average molecular weight is 629 g/mol. The highest BCUT2D eigenvalue weighted by Gasteiger charge is 2.43. The zero-order chi connectivity index (χ0) is 33.2. The van der Waals surface area contributed by atoms with Crippen molar-refractivity contribution >= 4 is 57.2 Å². The summed E-state index contributed by atoms with van der Waals surface area (Å²) in [6.45, 7) is 8.69. The van der Waals surface area contributed by atoms with E-state index in [9.17, 15) is 0 Å². The third-order valence-corrected chi connectivity index (χ3v) is 10.3. The van der Waals surface area contributed by atoms with Crippen LogP contribution in [0.15, 0.2) is 152 Å². The molecule has 0 bridgehead atoms. The number of rotatable bonds is 4. The van der Waals surface area contributed by atoms with Gasteiger partial charge in [0.05, 0.1) is 0 Å². The summed E-state index contributed by atoms with van der Waals surface area (Å²) in [5.41, 5.74) is 21.2. The van der Waals surface area contributed by atoms with Gasteiger partial charge in [0, 0.05) is 34.1 Å². The van der Waals surface area contributed by atoms with Crippen LogP contribution < -0.4 is 26.2 Å². The maximum atomic E-state index is 2.49. The molecular formula is C46H37BN2. The van der Waals surface area contributed by atoms with Crippen molar-refractivity contribution < 1.29 is 0 Å². The first-order valence-corrected chi connectivity index (χ1v) is 17.2. The van der Waals surface area contributed by atoms with E-state index in [4.69, 9.17) is 0 Å². The summed E-state index contributed by atoms with van der Waals surface area (Å²) < 4.78 is 0. The zero-order valence-corrected chi connectivity index (χ0v) is 28.4. The maximum Gasteiger partial charge on any atom is 0.252 e. The predicted molar refractivity (Wildman–Crippen MR) is 210 cm³/mol. The molecule has 0 radical (unpaired) electrons. The lowest BCUT2D eigenvalue weighted by Crippen LogP contribution is -2.61. The molecule has 0 atom stereocenters. The summed E-state index contributed by atoms with van der Waals surface area (Å²) in [5.74, 6) is 0. The molecule has 7 aromatic rings. The van der Waals surface area contributed by atoms with Crippen molar-refractivity contribution in [3.63, 3.8) is 0 Å². The number of anilines is 6. The fraction of sp³-hybridized carbons (Fsp3) is 0.0870. The molecule has 0 N–H and O–H groups in total. The Morgan fingerprint density at radius 2 is 0.694 bits per heavy atom. The average Bonchev–Trinajstić information content (AvgIpc) is 3.13. The fourth-order valence-corrected chi connectivity index (χ4v) is 7.72. The van der Waals surface area contributed by atoms with Crippen LogP contribution in [0.5, 0.6) is 0 Å². The van der Waals surface area contributed by atoms with Gasteiger partial charge in [-0.15, -0.1) is 0 Å². The second-order valence-electron chi connectivity index (χ2n) is 13.8. The van der Waals surface area contributed by atoms with E-state index in [-0.39, 0.29) is 6.71 Å².